The van der Waals surface area contributed by atoms with Gasteiger partial charge in [-0.2, -0.15) is 0 Å². The Bertz CT molecular complexity index is 1090. The number of aryl methyl sites for hydroxylation is 1. The summed E-state index contributed by atoms with van der Waals surface area (Å²) in [6.07, 6.45) is 0. The molecule has 140 valence electrons. The Morgan fingerprint density at radius 2 is 1.79 bits per heavy atom. The number of carbonyl (C=O) groups is 1. The average Bonchev–Trinajstić information content (AvgIpc) is 3.40. The summed E-state index contributed by atoms with van der Waals surface area (Å²) < 4.78 is 1.74. The van der Waals surface area contributed by atoms with Crippen molar-refractivity contribution < 1.29 is 4.79 Å². The molecule has 2 aromatic carbocycles. The van der Waals surface area contributed by atoms with Crippen molar-refractivity contribution in [2.45, 2.75) is 13.8 Å². The first-order valence-corrected chi connectivity index (χ1v) is 10.0. The molecule has 28 heavy (non-hydrogen) atoms. The van der Waals surface area contributed by atoms with E-state index in [0.29, 0.717) is 12.4 Å². The average molecular weight is 388 g/mol. The minimum atomic E-state index is -0.204. The van der Waals surface area contributed by atoms with Crippen LogP contribution in [-0.4, -0.2) is 27.2 Å². The van der Waals surface area contributed by atoms with Gasteiger partial charge in [-0.3, -0.25) is 4.79 Å². The molecule has 6 heteroatoms. The van der Waals surface area contributed by atoms with Crippen LogP contribution in [0.5, 0.6) is 0 Å². The highest BCUT2D eigenvalue weighted by Crippen LogP contribution is 2.27. The van der Waals surface area contributed by atoms with Gasteiger partial charge in [-0.05, 0) is 49.1 Å². The maximum atomic E-state index is 13.3. The second-order valence-electron chi connectivity index (χ2n) is 6.32. The monoisotopic (exact) mass is 388 g/mol. The normalized spacial score (nSPS) is 10.8. The standard InChI is InChI=1S/C22H20N4OS/c1-3-25(18-13-8-7-10-16(18)2)22(27)20-23-21(19-14-9-15-28-19)26(24-20)17-11-5-4-6-12-17/h4-15H,3H2,1-2H3. The molecular weight excluding hydrogens is 368 g/mol. The fourth-order valence-corrected chi connectivity index (χ4v) is 3.83. The lowest BCUT2D eigenvalue weighted by Gasteiger charge is -2.21. The Morgan fingerprint density at radius 1 is 1.04 bits per heavy atom. The van der Waals surface area contributed by atoms with E-state index in [9.17, 15) is 4.79 Å². The first-order chi connectivity index (χ1) is 13.7. The lowest BCUT2D eigenvalue weighted by Crippen LogP contribution is -2.32. The molecular formula is C22H20N4OS. The maximum Gasteiger partial charge on any atom is 0.297 e. The van der Waals surface area contributed by atoms with Crippen LogP contribution in [0.4, 0.5) is 5.69 Å². The molecule has 0 bridgehead atoms. The van der Waals surface area contributed by atoms with Crippen LogP contribution in [0, 0.1) is 6.92 Å². The second kappa shape index (κ2) is 7.78. The maximum absolute atomic E-state index is 13.3. The Hall–Kier alpha value is -3.25. The minimum Gasteiger partial charge on any atom is -0.306 e. The Labute approximate surface area is 167 Å². The number of amides is 1. The molecule has 0 N–H and O–H groups in total. The Balaban J connectivity index is 1.80. The molecule has 1 amide bonds. The van der Waals surface area contributed by atoms with Gasteiger partial charge in [0.25, 0.3) is 5.91 Å². The summed E-state index contributed by atoms with van der Waals surface area (Å²) in [5.41, 5.74) is 2.79. The smallest absolute Gasteiger partial charge is 0.297 e. The number of carbonyl (C=O) groups excluding carboxylic acids is 1. The lowest BCUT2D eigenvalue weighted by atomic mass is 10.2. The molecule has 5 nitrogen and oxygen atoms in total. The highest BCUT2D eigenvalue weighted by atomic mass is 32.1. The summed E-state index contributed by atoms with van der Waals surface area (Å²) in [7, 11) is 0. The number of anilines is 1. The Morgan fingerprint density at radius 3 is 2.46 bits per heavy atom. The van der Waals surface area contributed by atoms with Crippen molar-refractivity contribution in [2.24, 2.45) is 0 Å². The molecule has 0 atom stereocenters. The van der Waals surface area contributed by atoms with Crippen LogP contribution < -0.4 is 4.90 Å². The third-order valence-electron chi connectivity index (χ3n) is 4.51. The van der Waals surface area contributed by atoms with Crippen LogP contribution in [0.25, 0.3) is 16.4 Å². The topological polar surface area (TPSA) is 51.0 Å². The number of benzene rings is 2. The predicted molar refractivity (Wildman–Crippen MR) is 113 cm³/mol. The van der Waals surface area contributed by atoms with E-state index >= 15 is 0 Å². The van der Waals surface area contributed by atoms with E-state index in [0.717, 1.165) is 21.8 Å². The second-order valence-corrected chi connectivity index (χ2v) is 7.27. The first kappa shape index (κ1) is 18.1. The van der Waals surface area contributed by atoms with Gasteiger partial charge in [-0.15, -0.1) is 16.4 Å². The summed E-state index contributed by atoms with van der Waals surface area (Å²) in [5, 5.41) is 6.57. The van der Waals surface area contributed by atoms with Crippen LogP contribution in [0.3, 0.4) is 0 Å². The molecule has 0 aliphatic carbocycles. The number of hydrogen-bond acceptors (Lipinski definition) is 4. The number of thiophene rings is 1. The SMILES string of the molecule is CCN(C(=O)c1nc(-c2cccs2)n(-c2ccccc2)n1)c1ccccc1C. The van der Waals surface area contributed by atoms with Gasteiger partial charge in [0.2, 0.25) is 5.82 Å². The molecule has 4 rings (SSSR count). The van der Waals surface area contributed by atoms with Gasteiger partial charge in [0.15, 0.2) is 5.82 Å². The van der Waals surface area contributed by atoms with Crippen molar-refractivity contribution in [1.29, 1.82) is 0 Å². The van der Waals surface area contributed by atoms with Crippen molar-refractivity contribution in [3.8, 4) is 16.4 Å². The van der Waals surface area contributed by atoms with Crippen molar-refractivity contribution >= 4 is 22.9 Å². The van der Waals surface area contributed by atoms with E-state index in [-0.39, 0.29) is 11.7 Å². The van der Waals surface area contributed by atoms with Gasteiger partial charge < -0.3 is 4.90 Å². The molecule has 0 fully saturated rings. The van der Waals surface area contributed by atoms with Crippen LogP contribution in [0.15, 0.2) is 72.1 Å². The molecule has 2 aromatic heterocycles. The fourth-order valence-electron chi connectivity index (χ4n) is 3.13. The van der Waals surface area contributed by atoms with Crippen molar-refractivity contribution in [2.75, 3.05) is 11.4 Å². The van der Waals surface area contributed by atoms with Gasteiger partial charge in [-0.25, -0.2) is 9.67 Å². The molecule has 0 radical (unpaired) electrons. The third kappa shape index (κ3) is 3.34. The van der Waals surface area contributed by atoms with Crippen LogP contribution >= 0.6 is 11.3 Å². The summed E-state index contributed by atoms with van der Waals surface area (Å²) in [4.78, 5) is 20.6. The molecule has 2 heterocycles. The molecule has 0 unspecified atom stereocenters. The number of para-hydroxylation sites is 2. The van der Waals surface area contributed by atoms with E-state index < -0.39 is 0 Å². The van der Waals surface area contributed by atoms with Crippen molar-refractivity contribution in [3.05, 3.63) is 83.5 Å². The van der Waals surface area contributed by atoms with Crippen LogP contribution in [0.2, 0.25) is 0 Å². The number of nitrogens with zero attached hydrogens (tertiary/aromatic N) is 4. The third-order valence-corrected chi connectivity index (χ3v) is 5.37. The molecule has 0 aliphatic rings. The summed E-state index contributed by atoms with van der Waals surface area (Å²) in [5.74, 6) is 0.659. The molecule has 4 aromatic rings. The zero-order valence-corrected chi connectivity index (χ0v) is 16.6. The van der Waals surface area contributed by atoms with E-state index in [1.54, 1.807) is 20.9 Å². The molecule has 0 spiro atoms. The predicted octanol–water partition coefficient (Wildman–Crippen LogP) is 4.97. The summed E-state index contributed by atoms with van der Waals surface area (Å²) in [6.45, 7) is 4.50. The van der Waals surface area contributed by atoms with E-state index in [1.807, 2.05) is 86.0 Å². The van der Waals surface area contributed by atoms with Crippen molar-refractivity contribution in [1.82, 2.24) is 14.8 Å². The Kier molecular flexibility index (Phi) is 5.04. The largest absolute Gasteiger partial charge is 0.306 e. The summed E-state index contributed by atoms with van der Waals surface area (Å²) >= 11 is 1.57. The van der Waals surface area contributed by atoms with E-state index in [2.05, 4.69) is 10.1 Å². The number of hydrogen-bond donors (Lipinski definition) is 0. The quantitative estimate of drug-likeness (QED) is 0.485. The van der Waals surface area contributed by atoms with Gasteiger partial charge >= 0.3 is 0 Å². The van der Waals surface area contributed by atoms with Gasteiger partial charge in [0.05, 0.1) is 10.6 Å². The number of rotatable bonds is 5. The lowest BCUT2D eigenvalue weighted by molar-refractivity contribution is 0.0978. The van der Waals surface area contributed by atoms with Gasteiger partial charge in [0, 0.05) is 12.2 Å². The molecule has 0 aliphatic heterocycles. The van der Waals surface area contributed by atoms with E-state index in [4.69, 9.17) is 0 Å². The molecule has 0 saturated heterocycles. The highest BCUT2D eigenvalue weighted by molar-refractivity contribution is 7.13. The zero-order valence-electron chi connectivity index (χ0n) is 15.7. The van der Waals surface area contributed by atoms with Gasteiger partial charge in [0.1, 0.15) is 0 Å². The van der Waals surface area contributed by atoms with Crippen molar-refractivity contribution in [3.63, 3.8) is 0 Å². The van der Waals surface area contributed by atoms with Crippen LogP contribution in [0.1, 0.15) is 23.1 Å². The highest BCUT2D eigenvalue weighted by Gasteiger charge is 2.24. The van der Waals surface area contributed by atoms with Gasteiger partial charge in [-0.1, -0.05) is 42.5 Å². The fraction of sp³-hybridized carbons (Fsp3) is 0.136. The first-order valence-electron chi connectivity index (χ1n) is 9.13. The van der Waals surface area contributed by atoms with Crippen LogP contribution in [-0.2, 0) is 0 Å². The summed E-state index contributed by atoms with van der Waals surface area (Å²) in [6, 6.07) is 21.6. The van der Waals surface area contributed by atoms with E-state index in [1.165, 1.54) is 0 Å². The minimum absolute atomic E-state index is 0.192. The zero-order chi connectivity index (χ0) is 19.5. The number of aromatic nitrogens is 3. The molecule has 0 saturated carbocycles.